The zero-order valence-electron chi connectivity index (χ0n) is 34.1. The first-order valence-corrected chi connectivity index (χ1v) is 22.4. The van der Waals surface area contributed by atoms with E-state index in [1.165, 1.54) is 193 Å². The van der Waals surface area contributed by atoms with Crippen molar-refractivity contribution in [2.75, 3.05) is 13.2 Å². The molecule has 5 nitrogen and oxygen atoms in total. The molecule has 0 amide bonds. The normalized spacial score (nSPS) is 12.1. The second-order valence-corrected chi connectivity index (χ2v) is 16.0. The summed E-state index contributed by atoms with van der Waals surface area (Å²) in [5.41, 5.74) is 0. The molecular formula is C45H88O5. The van der Waals surface area contributed by atoms with Gasteiger partial charge in [0.1, 0.15) is 19.3 Å². The fraction of sp³-hybridized carbons (Fsp3) is 0.956. The monoisotopic (exact) mass is 709 g/mol. The molecule has 5 heteroatoms. The van der Waals surface area contributed by atoms with Crippen LogP contribution in [0.25, 0.3) is 0 Å². The van der Waals surface area contributed by atoms with E-state index < -0.39 is 6.10 Å². The van der Waals surface area contributed by atoms with Gasteiger partial charge >= 0.3 is 11.9 Å². The van der Waals surface area contributed by atoms with E-state index in [-0.39, 0.29) is 25.2 Å². The van der Waals surface area contributed by atoms with Gasteiger partial charge in [0, 0.05) is 12.8 Å². The van der Waals surface area contributed by atoms with Crippen molar-refractivity contribution in [2.24, 2.45) is 5.92 Å². The van der Waals surface area contributed by atoms with Crippen LogP contribution in [0.3, 0.4) is 0 Å². The smallest absolute Gasteiger partial charge is 0.305 e. The number of aliphatic hydroxyl groups is 1. The van der Waals surface area contributed by atoms with Crippen LogP contribution in [0.5, 0.6) is 0 Å². The molecule has 0 unspecified atom stereocenters. The van der Waals surface area contributed by atoms with Gasteiger partial charge in [0.25, 0.3) is 0 Å². The summed E-state index contributed by atoms with van der Waals surface area (Å²) in [6.45, 7) is 6.70. The number of esters is 2. The standard InChI is InChI=1S/C45H88O5/c1-4-5-6-7-8-9-10-11-12-13-14-15-16-20-23-26-29-32-35-38-44(47)49-40-43(46)41-50-45(48)39-36-33-30-27-24-21-18-17-19-22-25-28-31-34-37-42(2)3/h42-43,46H,4-41H2,1-3H3/t43-/m1/s1. The van der Waals surface area contributed by atoms with Gasteiger partial charge in [-0.2, -0.15) is 0 Å². The van der Waals surface area contributed by atoms with E-state index in [0.29, 0.717) is 12.8 Å². The van der Waals surface area contributed by atoms with E-state index in [1.807, 2.05) is 0 Å². The van der Waals surface area contributed by atoms with Gasteiger partial charge in [-0.1, -0.05) is 226 Å². The van der Waals surface area contributed by atoms with Crippen molar-refractivity contribution in [3.05, 3.63) is 0 Å². The first kappa shape index (κ1) is 48.9. The lowest BCUT2D eigenvalue weighted by atomic mass is 10.0. The third kappa shape index (κ3) is 41.3. The van der Waals surface area contributed by atoms with Crippen LogP contribution < -0.4 is 0 Å². The van der Waals surface area contributed by atoms with Gasteiger partial charge < -0.3 is 14.6 Å². The first-order valence-electron chi connectivity index (χ1n) is 22.4. The first-order chi connectivity index (χ1) is 24.5. The Bertz CT molecular complexity index is 693. The lowest BCUT2D eigenvalue weighted by Crippen LogP contribution is -2.25. The summed E-state index contributed by atoms with van der Waals surface area (Å²) >= 11 is 0. The average molecular weight is 709 g/mol. The molecule has 0 aliphatic rings. The van der Waals surface area contributed by atoms with Gasteiger partial charge in [-0.15, -0.1) is 0 Å². The summed E-state index contributed by atoms with van der Waals surface area (Å²) in [5.74, 6) is 0.305. The van der Waals surface area contributed by atoms with Crippen LogP contribution in [0.4, 0.5) is 0 Å². The molecule has 0 aliphatic carbocycles. The van der Waals surface area contributed by atoms with Gasteiger partial charge in [-0.3, -0.25) is 9.59 Å². The van der Waals surface area contributed by atoms with Crippen molar-refractivity contribution in [3.8, 4) is 0 Å². The van der Waals surface area contributed by atoms with Crippen LogP contribution >= 0.6 is 0 Å². The molecule has 0 saturated heterocycles. The SMILES string of the molecule is CCCCCCCCCCCCCCCCCCCCCC(=O)OC[C@@H](O)COC(=O)CCCCCCCCCCCCCCCCC(C)C. The number of rotatable bonds is 41. The van der Waals surface area contributed by atoms with Crippen molar-refractivity contribution in [1.82, 2.24) is 0 Å². The second-order valence-electron chi connectivity index (χ2n) is 16.0. The average Bonchev–Trinajstić information content (AvgIpc) is 3.10. The fourth-order valence-corrected chi connectivity index (χ4v) is 6.86. The second kappa shape index (κ2) is 40.7. The van der Waals surface area contributed by atoms with Crippen LogP contribution in [-0.2, 0) is 19.1 Å². The Morgan fingerprint density at radius 1 is 0.400 bits per heavy atom. The van der Waals surface area contributed by atoms with Crippen molar-refractivity contribution in [2.45, 2.75) is 258 Å². The molecule has 0 aliphatic heterocycles. The van der Waals surface area contributed by atoms with Crippen molar-refractivity contribution < 1.29 is 24.2 Å². The summed E-state index contributed by atoms with van der Waals surface area (Å²) in [6, 6.07) is 0. The van der Waals surface area contributed by atoms with E-state index in [1.54, 1.807) is 0 Å². The van der Waals surface area contributed by atoms with Crippen molar-refractivity contribution in [3.63, 3.8) is 0 Å². The third-order valence-corrected chi connectivity index (χ3v) is 10.3. The zero-order valence-corrected chi connectivity index (χ0v) is 34.1. The molecule has 0 saturated carbocycles. The number of ether oxygens (including phenoxy) is 2. The Hall–Kier alpha value is -1.10. The topological polar surface area (TPSA) is 72.8 Å². The van der Waals surface area contributed by atoms with E-state index in [0.717, 1.165) is 31.6 Å². The summed E-state index contributed by atoms with van der Waals surface area (Å²) in [5, 5.41) is 10.0. The molecule has 0 bridgehead atoms. The van der Waals surface area contributed by atoms with Gasteiger partial charge in [-0.25, -0.2) is 0 Å². The molecule has 0 spiro atoms. The maximum absolute atomic E-state index is 12.0. The Kier molecular flexibility index (Phi) is 39.8. The zero-order chi connectivity index (χ0) is 36.6. The molecule has 0 aromatic heterocycles. The van der Waals surface area contributed by atoms with Gasteiger partial charge in [0.15, 0.2) is 0 Å². The highest BCUT2D eigenvalue weighted by Crippen LogP contribution is 2.17. The van der Waals surface area contributed by atoms with Crippen LogP contribution in [0, 0.1) is 5.92 Å². The largest absolute Gasteiger partial charge is 0.463 e. The molecule has 0 rings (SSSR count). The molecular weight excluding hydrogens is 620 g/mol. The summed E-state index contributed by atoms with van der Waals surface area (Å²) in [7, 11) is 0. The van der Waals surface area contributed by atoms with Crippen LogP contribution in [0.1, 0.15) is 252 Å². The Balaban J connectivity index is 3.35. The minimum absolute atomic E-state index is 0.107. The minimum atomic E-state index is -0.956. The number of unbranched alkanes of at least 4 members (excludes halogenated alkanes) is 31. The lowest BCUT2D eigenvalue weighted by molar-refractivity contribution is -0.152. The highest BCUT2D eigenvalue weighted by molar-refractivity contribution is 5.69. The Labute approximate surface area is 312 Å². The molecule has 0 heterocycles. The number of hydrogen-bond acceptors (Lipinski definition) is 5. The summed E-state index contributed by atoms with van der Waals surface area (Å²) in [4.78, 5) is 24.0. The minimum Gasteiger partial charge on any atom is -0.463 e. The van der Waals surface area contributed by atoms with Crippen molar-refractivity contribution >= 4 is 11.9 Å². The maximum atomic E-state index is 12.0. The molecule has 0 radical (unpaired) electrons. The Morgan fingerprint density at radius 3 is 0.900 bits per heavy atom. The number of hydrogen-bond donors (Lipinski definition) is 1. The van der Waals surface area contributed by atoms with E-state index >= 15 is 0 Å². The van der Waals surface area contributed by atoms with Crippen LogP contribution in [0.15, 0.2) is 0 Å². The number of carbonyl (C=O) groups excluding carboxylic acids is 2. The van der Waals surface area contributed by atoms with E-state index in [2.05, 4.69) is 20.8 Å². The van der Waals surface area contributed by atoms with Gasteiger partial charge in [-0.05, 0) is 18.8 Å². The maximum Gasteiger partial charge on any atom is 0.305 e. The highest BCUT2D eigenvalue weighted by Gasteiger charge is 2.12. The molecule has 50 heavy (non-hydrogen) atoms. The van der Waals surface area contributed by atoms with Crippen LogP contribution in [-0.4, -0.2) is 36.4 Å². The molecule has 1 atom stereocenters. The number of aliphatic hydroxyl groups excluding tert-OH is 1. The van der Waals surface area contributed by atoms with Crippen molar-refractivity contribution in [1.29, 1.82) is 0 Å². The van der Waals surface area contributed by atoms with E-state index in [4.69, 9.17) is 9.47 Å². The van der Waals surface area contributed by atoms with E-state index in [9.17, 15) is 14.7 Å². The predicted molar refractivity (Wildman–Crippen MR) is 215 cm³/mol. The predicted octanol–water partition coefficient (Wildman–Crippen LogP) is 14.2. The van der Waals surface area contributed by atoms with Gasteiger partial charge in [0.2, 0.25) is 0 Å². The van der Waals surface area contributed by atoms with Crippen LogP contribution in [0.2, 0.25) is 0 Å². The van der Waals surface area contributed by atoms with Gasteiger partial charge in [0.05, 0.1) is 0 Å². The quantitative estimate of drug-likeness (QED) is 0.0505. The summed E-state index contributed by atoms with van der Waals surface area (Å²) in [6.07, 6.45) is 44.6. The summed E-state index contributed by atoms with van der Waals surface area (Å²) < 4.78 is 10.4. The molecule has 0 aromatic rings. The highest BCUT2D eigenvalue weighted by atomic mass is 16.6. The number of carbonyl (C=O) groups is 2. The fourth-order valence-electron chi connectivity index (χ4n) is 6.86. The molecule has 298 valence electrons. The lowest BCUT2D eigenvalue weighted by Gasteiger charge is -2.12. The molecule has 1 N–H and O–H groups in total. The molecule has 0 fully saturated rings. The molecule has 0 aromatic carbocycles. The Morgan fingerprint density at radius 2 is 0.640 bits per heavy atom. The third-order valence-electron chi connectivity index (χ3n) is 10.3.